The van der Waals surface area contributed by atoms with Crippen LogP contribution in [-0.4, -0.2) is 26.8 Å². The highest BCUT2D eigenvalue weighted by Crippen LogP contribution is 2.20. The summed E-state index contributed by atoms with van der Waals surface area (Å²) in [5.74, 6) is 1.47. The normalized spacial score (nSPS) is 10.7. The number of aromatic nitrogens is 2. The summed E-state index contributed by atoms with van der Waals surface area (Å²) in [5, 5.41) is 9.47. The molecular formula is C16H18N2O3S2. The third kappa shape index (κ3) is 5.76. The van der Waals surface area contributed by atoms with Crippen molar-refractivity contribution in [2.75, 3.05) is 5.75 Å². The molecule has 5 nitrogen and oxygen atoms in total. The lowest BCUT2D eigenvalue weighted by Gasteiger charge is -2.05. The fourth-order valence-corrected chi connectivity index (χ4v) is 3.48. The molecule has 7 heteroatoms. The zero-order valence-electron chi connectivity index (χ0n) is 12.7. The fourth-order valence-electron chi connectivity index (χ4n) is 1.84. The van der Waals surface area contributed by atoms with Crippen molar-refractivity contribution in [3.63, 3.8) is 0 Å². The van der Waals surface area contributed by atoms with Crippen LogP contribution in [0.15, 0.2) is 40.3 Å². The van der Waals surface area contributed by atoms with Crippen molar-refractivity contribution in [3.8, 4) is 0 Å². The number of carboxylic acid groups (broad SMARTS) is 1. The molecule has 0 amide bonds. The van der Waals surface area contributed by atoms with Crippen molar-refractivity contribution in [1.29, 1.82) is 0 Å². The first-order valence-electron chi connectivity index (χ1n) is 7.21. The van der Waals surface area contributed by atoms with Gasteiger partial charge < -0.3 is 10.1 Å². The zero-order chi connectivity index (χ0) is 16.7. The Morgan fingerprint density at radius 1 is 1.26 bits per heavy atom. The molecule has 0 saturated carbocycles. The fraction of sp³-hybridized carbons (Fsp3) is 0.312. The average molecular weight is 350 g/mol. The van der Waals surface area contributed by atoms with Crippen LogP contribution in [0.25, 0.3) is 0 Å². The van der Waals surface area contributed by atoms with Crippen molar-refractivity contribution in [1.82, 2.24) is 9.97 Å². The number of aromatic carboxylic acids is 1. The number of carbonyl (C=O) groups is 1. The number of nitrogens with zero attached hydrogens (tertiary/aromatic N) is 1. The van der Waals surface area contributed by atoms with Gasteiger partial charge in [-0.15, -0.1) is 0 Å². The molecular weight excluding hydrogens is 332 g/mol. The highest BCUT2D eigenvalue weighted by Gasteiger charge is 2.05. The Balaban J connectivity index is 1.99. The second-order valence-electron chi connectivity index (χ2n) is 4.89. The van der Waals surface area contributed by atoms with Gasteiger partial charge in [0.25, 0.3) is 5.56 Å². The number of H-pyrrole nitrogens is 1. The molecule has 1 heterocycles. The maximum Gasteiger partial charge on any atom is 0.335 e. The third-order valence-corrected chi connectivity index (χ3v) is 5.09. The predicted molar refractivity (Wildman–Crippen MR) is 94.3 cm³/mol. The first kappa shape index (κ1) is 17.6. The van der Waals surface area contributed by atoms with E-state index >= 15 is 0 Å². The molecule has 0 aliphatic carbocycles. The van der Waals surface area contributed by atoms with Crippen LogP contribution < -0.4 is 5.56 Å². The van der Waals surface area contributed by atoms with Gasteiger partial charge in [0.15, 0.2) is 5.16 Å². The van der Waals surface area contributed by atoms with Crippen LogP contribution in [0.1, 0.15) is 35.0 Å². The van der Waals surface area contributed by atoms with E-state index < -0.39 is 5.97 Å². The van der Waals surface area contributed by atoms with Crippen molar-refractivity contribution in [2.45, 2.75) is 30.0 Å². The molecule has 23 heavy (non-hydrogen) atoms. The van der Waals surface area contributed by atoms with E-state index in [-0.39, 0.29) is 11.1 Å². The number of carboxylic acids is 1. The molecule has 1 aromatic heterocycles. The summed E-state index contributed by atoms with van der Waals surface area (Å²) in [6, 6.07) is 8.23. The Morgan fingerprint density at radius 2 is 2.00 bits per heavy atom. The second kappa shape index (κ2) is 8.79. The molecule has 2 rings (SSSR count). The summed E-state index contributed by atoms with van der Waals surface area (Å²) in [6.07, 6.45) is 1.10. The molecule has 2 N–H and O–H groups in total. The Hall–Kier alpha value is -1.73. The van der Waals surface area contributed by atoms with Gasteiger partial charge in [0.2, 0.25) is 0 Å². The standard InChI is InChI=1S/C16H18N2O3S2/c1-2-7-22-10-13-8-14(19)18-16(17-13)23-9-11-3-5-12(6-4-11)15(20)21/h3-6,8H,2,7,9-10H2,1H3,(H,20,21)(H,17,18,19). The van der Waals surface area contributed by atoms with E-state index in [1.54, 1.807) is 36.0 Å². The number of rotatable bonds is 8. The van der Waals surface area contributed by atoms with Crippen LogP contribution >= 0.6 is 23.5 Å². The Labute approximate surface area is 142 Å². The van der Waals surface area contributed by atoms with E-state index in [4.69, 9.17) is 5.11 Å². The quantitative estimate of drug-likeness (QED) is 0.431. The minimum atomic E-state index is -0.938. The smallest absolute Gasteiger partial charge is 0.335 e. The largest absolute Gasteiger partial charge is 0.478 e. The summed E-state index contributed by atoms with van der Waals surface area (Å²) in [4.78, 5) is 29.7. The number of thioether (sulfide) groups is 2. The monoisotopic (exact) mass is 350 g/mol. The lowest BCUT2D eigenvalue weighted by molar-refractivity contribution is 0.0697. The van der Waals surface area contributed by atoms with Crippen molar-refractivity contribution in [3.05, 3.63) is 57.5 Å². The molecule has 0 aliphatic heterocycles. The molecule has 2 aromatic rings. The van der Waals surface area contributed by atoms with Gasteiger partial charge in [-0.05, 0) is 29.9 Å². The summed E-state index contributed by atoms with van der Waals surface area (Å²) in [5.41, 5.74) is 1.89. The van der Waals surface area contributed by atoms with E-state index in [2.05, 4.69) is 16.9 Å². The van der Waals surface area contributed by atoms with Crippen molar-refractivity contribution in [2.24, 2.45) is 0 Å². The van der Waals surface area contributed by atoms with E-state index in [0.717, 1.165) is 29.2 Å². The van der Waals surface area contributed by atoms with Gasteiger partial charge >= 0.3 is 5.97 Å². The number of benzene rings is 1. The number of hydrogen-bond donors (Lipinski definition) is 2. The molecule has 0 unspecified atom stereocenters. The molecule has 0 radical (unpaired) electrons. The van der Waals surface area contributed by atoms with Crippen LogP contribution in [0.2, 0.25) is 0 Å². The van der Waals surface area contributed by atoms with Gasteiger partial charge in [-0.25, -0.2) is 9.78 Å². The van der Waals surface area contributed by atoms with Crippen molar-refractivity contribution >= 4 is 29.5 Å². The van der Waals surface area contributed by atoms with Crippen LogP contribution in [0.4, 0.5) is 0 Å². The zero-order valence-corrected chi connectivity index (χ0v) is 14.4. The SMILES string of the molecule is CCCSCc1cc(=O)[nH]c(SCc2ccc(C(=O)O)cc2)n1. The summed E-state index contributed by atoms with van der Waals surface area (Å²) in [7, 11) is 0. The molecule has 0 fully saturated rings. The van der Waals surface area contributed by atoms with E-state index in [9.17, 15) is 9.59 Å². The highest BCUT2D eigenvalue weighted by atomic mass is 32.2. The maximum absolute atomic E-state index is 11.7. The Bertz CT molecular complexity index is 714. The van der Waals surface area contributed by atoms with Gasteiger partial charge in [-0.2, -0.15) is 11.8 Å². The van der Waals surface area contributed by atoms with E-state index in [1.165, 1.54) is 17.8 Å². The molecule has 0 aliphatic rings. The maximum atomic E-state index is 11.7. The highest BCUT2D eigenvalue weighted by molar-refractivity contribution is 7.98. The molecule has 1 aromatic carbocycles. The number of aromatic amines is 1. The molecule has 0 bridgehead atoms. The van der Waals surface area contributed by atoms with E-state index in [1.807, 2.05) is 0 Å². The lowest BCUT2D eigenvalue weighted by Crippen LogP contribution is -2.09. The van der Waals surface area contributed by atoms with Crippen LogP contribution in [-0.2, 0) is 11.5 Å². The third-order valence-electron chi connectivity index (χ3n) is 2.95. The van der Waals surface area contributed by atoms with Gasteiger partial charge in [-0.1, -0.05) is 30.8 Å². The molecule has 0 atom stereocenters. The Kier molecular flexibility index (Phi) is 6.73. The number of nitrogens with one attached hydrogen (secondary N) is 1. The summed E-state index contributed by atoms with van der Waals surface area (Å²) in [6.45, 7) is 2.12. The van der Waals surface area contributed by atoms with Crippen LogP contribution in [0, 0.1) is 0 Å². The average Bonchev–Trinajstić information content (AvgIpc) is 2.53. The first-order chi connectivity index (χ1) is 11.1. The second-order valence-corrected chi connectivity index (χ2v) is 6.95. The minimum Gasteiger partial charge on any atom is -0.478 e. The summed E-state index contributed by atoms with van der Waals surface area (Å²) >= 11 is 3.19. The van der Waals surface area contributed by atoms with Crippen LogP contribution in [0.5, 0.6) is 0 Å². The molecule has 0 spiro atoms. The van der Waals surface area contributed by atoms with Gasteiger partial charge in [0.1, 0.15) is 0 Å². The van der Waals surface area contributed by atoms with Crippen LogP contribution in [0.3, 0.4) is 0 Å². The predicted octanol–water partition coefficient (Wildman–Crippen LogP) is 3.40. The van der Waals surface area contributed by atoms with E-state index in [0.29, 0.717) is 10.9 Å². The first-order valence-corrected chi connectivity index (χ1v) is 9.35. The molecule has 0 saturated heterocycles. The summed E-state index contributed by atoms with van der Waals surface area (Å²) < 4.78 is 0. The van der Waals surface area contributed by atoms with Crippen molar-refractivity contribution < 1.29 is 9.90 Å². The van der Waals surface area contributed by atoms with Gasteiger partial charge in [0.05, 0.1) is 11.3 Å². The molecule has 122 valence electrons. The number of hydrogen-bond acceptors (Lipinski definition) is 5. The topological polar surface area (TPSA) is 83.0 Å². The Morgan fingerprint density at radius 3 is 2.65 bits per heavy atom. The van der Waals surface area contributed by atoms with Gasteiger partial charge in [0, 0.05) is 17.6 Å². The van der Waals surface area contributed by atoms with Gasteiger partial charge in [-0.3, -0.25) is 4.79 Å². The lowest BCUT2D eigenvalue weighted by atomic mass is 10.1. The minimum absolute atomic E-state index is 0.143.